The van der Waals surface area contributed by atoms with Crippen LogP contribution in [0.1, 0.15) is 38.9 Å². The standard InChI is InChI=1S/C14H16ClN3OS/c1-7-13(20-9(3)17-7)8(2)18-10-4-5-11(14(16)19)12(15)6-10/h4-6,8,18H,1-3H3,(H2,16,19). The molecule has 0 aliphatic carbocycles. The van der Waals surface area contributed by atoms with E-state index in [1.165, 1.54) is 4.88 Å². The highest BCUT2D eigenvalue weighted by molar-refractivity contribution is 7.11. The predicted octanol–water partition coefficient (Wildman–Crippen LogP) is 3.69. The summed E-state index contributed by atoms with van der Waals surface area (Å²) in [5, 5.41) is 4.76. The van der Waals surface area contributed by atoms with Crippen molar-refractivity contribution in [2.45, 2.75) is 26.8 Å². The lowest BCUT2D eigenvalue weighted by Crippen LogP contribution is -2.12. The number of amides is 1. The number of nitrogens with zero attached hydrogens (tertiary/aromatic N) is 1. The number of carbonyl (C=O) groups excluding carboxylic acids is 1. The van der Waals surface area contributed by atoms with Crippen LogP contribution in [0.5, 0.6) is 0 Å². The van der Waals surface area contributed by atoms with Crippen LogP contribution >= 0.6 is 22.9 Å². The molecule has 0 aliphatic rings. The zero-order valence-electron chi connectivity index (χ0n) is 11.5. The van der Waals surface area contributed by atoms with Crippen LogP contribution in [-0.2, 0) is 0 Å². The van der Waals surface area contributed by atoms with Gasteiger partial charge >= 0.3 is 0 Å². The number of nitrogens with one attached hydrogen (secondary N) is 1. The van der Waals surface area contributed by atoms with Gasteiger partial charge in [-0.15, -0.1) is 11.3 Å². The number of rotatable bonds is 4. The third-order valence-corrected chi connectivity index (χ3v) is 4.52. The Hall–Kier alpha value is -1.59. The molecule has 0 spiro atoms. The zero-order chi connectivity index (χ0) is 14.9. The van der Waals surface area contributed by atoms with Gasteiger partial charge in [0.25, 0.3) is 0 Å². The van der Waals surface area contributed by atoms with Gasteiger partial charge in [-0.2, -0.15) is 0 Å². The summed E-state index contributed by atoms with van der Waals surface area (Å²) in [6.45, 7) is 6.06. The van der Waals surface area contributed by atoms with Gasteiger partial charge < -0.3 is 11.1 Å². The summed E-state index contributed by atoms with van der Waals surface area (Å²) in [5.74, 6) is -0.525. The summed E-state index contributed by atoms with van der Waals surface area (Å²) in [7, 11) is 0. The maximum absolute atomic E-state index is 11.1. The van der Waals surface area contributed by atoms with Crippen LogP contribution in [0.2, 0.25) is 5.02 Å². The van der Waals surface area contributed by atoms with Gasteiger partial charge in [0.15, 0.2) is 0 Å². The summed E-state index contributed by atoms with van der Waals surface area (Å²) < 4.78 is 0. The van der Waals surface area contributed by atoms with Crippen molar-refractivity contribution >= 4 is 34.5 Å². The molecule has 1 aromatic carbocycles. The van der Waals surface area contributed by atoms with Crippen LogP contribution < -0.4 is 11.1 Å². The van der Waals surface area contributed by atoms with Gasteiger partial charge in [-0.1, -0.05) is 11.6 Å². The molecule has 1 atom stereocenters. The van der Waals surface area contributed by atoms with E-state index in [2.05, 4.69) is 17.2 Å². The lowest BCUT2D eigenvalue weighted by Gasteiger charge is -2.15. The number of hydrogen-bond acceptors (Lipinski definition) is 4. The molecule has 0 bridgehead atoms. The molecule has 2 aromatic rings. The van der Waals surface area contributed by atoms with E-state index >= 15 is 0 Å². The van der Waals surface area contributed by atoms with E-state index in [0.717, 1.165) is 16.4 Å². The fraction of sp³-hybridized carbons (Fsp3) is 0.286. The Balaban J connectivity index is 2.20. The second kappa shape index (κ2) is 5.81. The molecule has 6 heteroatoms. The molecule has 4 nitrogen and oxygen atoms in total. The van der Waals surface area contributed by atoms with Gasteiger partial charge in [-0.3, -0.25) is 4.79 Å². The highest BCUT2D eigenvalue weighted by Gasteiger charge is 2.14. The number of aryl methyl sites for hydroxylation is 2. The number of primary amides is 1. The lowest BCUT2D eigenvalue weighted by molar-refractivity contribution is 0.100. The second-order valence-electron chi connectivity index (χ2n) is 4.61. The topological polar surface area (TPSA) is 68.0 Å². The number of halogens is 1. The van der Waals surface area contributed by atoms with Crippen molar-refractivity contribution < 1.29 is 4.79 Å². The monoisotopic (exact) mass is 309 g/mol. The lowest BCUT2D eigenvalue weighted by atomic mass is 10.1. The van der Waals surface area contributed by atoms with E-state index in [9.17, 15) is 4.79 Å². The Morgan fingerprint density at radius 3 is 2.65 bits per heavy atom. The number of thiazole rings is 1. The molecule has 1 heterocycles. The Bertz CT molecular complexity index is 654. The van der Waals surface area contributed by atoms with E-state index < -0.39 is 5.91 Å². The number of nitrogens with two attached hydrogens (primary N) is 1. The van der Waals surface area contributed by atoms with Crippen molar-refractivity contribution in [2.24, 2.45) is 5.73 Å². The molecule has 0 radical (unpaired) electrons. The summed E-state index contributed by atoms with van der Waals surface area (Å²) in [5.41, 5.74) is 7.44. The first kappa shape index (κ1) is 14.8. The second-order valence-corrected chi connectivity index (χ2v) is 6.25. The average molecular weight is 310 g/mol. The number of hydrogen-bond donors (Lipinski definition) is 2. The van der Waals surface area contributed by atoms with E-state index in [-0.39, 0.29) is 6.04 Å². The molecular formula is C14H16ClN3OS. The van der Waals surface area contributed by atoms with Crippen LogP contribution in [0, 0.1) is 13.8 Å². The van der Waals surface area contributed by atoms with Crippen molar-refractivity contribution in [1.82, 2.24) is 4.98 Å². The fourth-order valence-corrected chi connectivity index (χ4v) is 3.27. The summed E-state index contributed by atoms with van der Waals surface area (Å²) >= 11 is 7.71. The third-order valence-electron chi connectivity index (χ3n) is 2.95. The van der Waals surface area contributed by atoms with Crippen LogP contribution in [-0.4, -0.2) is 10.9 Å². The van der Waals surface area contributed by atoms with Crippen molar-refractivity contribution in [3.63, 3.8) is 0 Å². The largest absolute Gasteiger partial charge is 0.378 e. The minimum atomic E-state index is -0.525. The summed E-state index contributed by atoms with van der Waals surface area (Å²) in [4.78, 5) is 16.7. The maximum atomic E-state index is 11.1. The molecule has 1 unspecified atom stereocenters. The molecule has 3 N–H and O–H groups in total. The minimum Gasteiger partial charge on any atom is -0.378 e. The molecule has 1 aromatic heterocycles. The Morgan fingerprint density at radius 2 is 2.15 bits per heavy atom. The summed E-state index contributed by atoms with van der Waals surface area (Å²) in [6, 6.07) is 5.26. The molecular weight excluding hydrogens is 294 g/mol. The van der Waals surface area contributed by atoms with Crippen LogP contribution in [0.25, 0.3) is 0 Å². The maximum Gasteiger partial charge on any atom is 0.250 e. The first-order valence-corrected chi connectivity index (χ1v) is 7.37. The number of anilines is 1. The zero-order valence-corrected chi connectivity index (χ0v) is 13.1. The van der Waals surface area contributed by atoms with E-state index in [1.54, 1.807) is 29.5 Å². The van der Waals surface area contributed by atoms with Gasteiger partial charge in [0, 0.05) is 10.6 Å². The Morgan fingerprint density at radius 1 is 1.45 bits per heavy atom. The molecule has 0 fully saturated rings. The molecule has 0 aliphatic heterocycles. The van der Waals surface area contributed by atoms with Gasteiger partial charge in [0.1, 0.15) is 0 Å². The smallest absolute Gasteiger partial charge is 0.250 e. The van der Waals surface area contributed by atoms with Crippen molar-refractivity contribution in [1.29, 1.82) is 0 Å². The Kier molecular flexibility index (Phi) is 4.30. The van der Waals surface area contributed by atoms with Crippen LogP contribution in [0.15, 0.2) is 18.2 Å². The molecule has 0 saturated heterocycles. The van der Waals surface area contributed by atoms with Crippen LogP contribution in [0.3, 0.4) is 0 Å². The number of carbonyl (C=O) groups is 1. The van der Waals surface area contributed by atoms with E-state index in [1.807, 2.05) is 13.8 Å². The third kappa shape index (κ3) is 3.11. The first-order chi connectivity index (χ1) is 9.38. The van der Waals surface area contributed by atoms with E-state index in [0.29, 0.717) is 10.6 Å². The normalized spacial score (nSPS) is 12.2. The quantitative estimate of drug-likeness (QED) is 0.905. The molecule has 0 saturated carbocycles. The molecule has 20 heavy (non-hydrogen) atoms. The van der Waals surface area contributed by atoms with Crippen LogP contribution in [0.4, 0.5) is 5.69 Å². The van der Waals surface area contributed by atoms with Crippen molar-refractivity contribution in [3.05, 3.63) is 44.4 Å². The van der Waals surface area contributed by atoms with Gasteiger partial charge in [0.2, 0.25) is 5.91 Å². The van der Waals surface area contributed by atoms with Gasteiger partial charge in [-0.05, 0) is 39.0 Å². The van der Waals surface area contributed by atoms with Gasteiger partial charge in [0.05, 0.1) is 27.3 Å². The Labute approximate surface area is 127 Å². The minimum absolute atomic E-state index is 0.122. The predicted molar refractivity (Wildman–Crippen MR) is 83.6 cm³/mol. The van der Waals surface area contributed by atoms with Crippen molar-refractivity contribution in [3.8, 4) is 0 Å². The molecule has 1 amide bonds. The highest BCUT2D eigenvalue weighted by atomic mass is 35.5. The van der Waals surface area contributed by atoms with Crippen molar-refractivity contribution in [2.75, 3.05) is 5.32 Å². The number of benzene rings is 1. The van der Waals surface area contributed by atoms with Gasteiger partial charge in [-0.25, -0.2) is 4.98 Å². The molecule has 2 rings (SSSR count). The van der Waals surface area contributed by atoms with E-state index in [4.69, 9.17) is 17.3 Å². The highest BCUT2D eigenvalue weighted by Crippen LogP contribution is 2.29. The SMILES string of the molecule is Cc1nc(C)c(C(C)Nc2ccc(C(N)=O)c(Cl)c2)s1. The summed E-state index contributed by atoms with van der Waals surface area (Å²) in [6.07, 6.45) is 0. The fourth-order valence-electron chi connectivity index (χ4n) is 2.07. The first-order valence-electron chi connectivity index (χ1n) is 6.18. The number of aromatic nitrogens is 1. The average Bonchev–Trinajstić information content (AvgIpc) is 2.68. The molecule has 106 valence electrons.